The number of hydrogen-bond donors (Lipinski definition) is 0. The summed E-state index contributed by atoms with van der Waals surface area (Å²) in [5, 5.41) is 10.6. The number of carbonyl (C=O) groups is 1. The second-order valence-corrected chi connectivity index (χ2v) is 9.00. The standard InChI is InChI=1S/C28H32N2O6/c1-28(2,3)27(31)36-26(24(34-6)21-13-12-19-10-8-9-11-20(19)16-21)30-29-17-18-14-22(32-4)25(35-7)23(15-18)33-5/h8-17,24H,1-7H3/b29-17+,30-26-. The number of ether oxygens (including phenoxy) is 5. The van der Waals surface area contributed by atoms with Gasteiger partial charge in [0.1, 0.15) is 0 Å². The molecule has 8 nitrogen and oxygen atoms in total. The molecule has 8 heteroatoms. The van der Waals surface area contributed by atoms with Gasteiger partial charge in [-0.2, -0.15) is 5.10 Å². The average molecular weight is 493 g/mol. The van der Waals surface area contributed by atoms with Crippen molar-refractivity contribution in [2.75, 3.05) is 28.4 Å². The van der Waals surface area contributed by atoms with Crippen molar-refractivity contribution in [3.05, 3.63) is 65.7 Å². The molecule has 0 aromatic heterocycles. The third-order valence-electron chi connectivity index (χ3n) is 5.40. The fourth-order valence-electron chi connectivity index (χ4n) is 3.45. The lowest BCUT2D eigenvalue weighted by Crippen LogP contribution is -2.29. The van der Waals surface area contributed by atoms with Gasteiger partial charge in [-0.05, 0) is 55.3 Å². The molecule has 0 fully saturated rings. The summed E-state index contributed by atoms with van der Waals surface area (Å²) in [4.78, 5) is 12.8. The van der Waals surface area contributed by atoms with Crippen molar-refractivity contribution >= 4 is 28.9 Å². The van der Waals surface area contributed by atoms with Gasteiger partial charge in [0.25, 0.3) is 5.90 Å². The van der Waals surface area contributed by atoms with E-state index in [0.29, 0.717) is 22.8 Å². The first-order valence-electron chi connectivity index (χ1n) is 11.4. The van der Waals surface area contributed by atoms with E-state index in [-0.39, 0.29) is 5.90 Å². The molecule has 0 radical (unpaired) electrons. The number of carbonyl (C=O) groups excluding carboxylic acids is 1. The lowest BCUT2D eigenvalue weighted by Gasteiger charge is -2.21. The number of methoxy groups -OCH3 is 4. The summed E-state index contributed by atoms with van der Waals surface area (Å²) in [6.45, 7) is 5.30. The highest BCUT2D eigenvalue weighted by Gasteiger charge is 2.29. The van der Waals surface area contributed by atoms with Crippen LogP contribution in [0.25, 0.3) is 10.8 Å². The van der Waals surface area contributed by atoms with Crippen LogP contribution in [0.1, 0.15) is 38.0 Å². The lowest BCUT2D eigenvalue weighted by atomic mass is 9.97. The van der Waals surface area contributed by atoms with Gasteiger partial charge in [-0.3, -0.25) is 4.79 Å². The van der Waals surface area contributed by atoms with Crippen LogP contribution in [0.3, 0.4) is 0 Å². The molecule has 190 valence electrons. The van der Waals surface area contributed by atoms with Gasteiger partial charge in [0.05, 0.1) is 33.0 Å². The monoisotopic (exact) mass is 492 g/mol. The Kier molecular flexibility index (Phi) is 8.66. The second-order valence-electron chi connectivity index (χ2n) is 9.00. The first kappa shape index (κ1) is 26.7. The topological polar surface area (TPSA) is 87.9 Å². The summed E-state index contributed by atoms with van der Waals surface area (Å²) in [6.07, 6.45) is 0.751. The zero-order valence-corrected chi connectivity index (χ0v) is 21.7. The summed E-state index contributed by atoms with van der Waals surface area (Å²) in [7, 11) is 6.13. The van der Waals surface area contributed by atoms with E-state index in [2.05, 4.69) is 10.2 Å². The average Bonchev–Trinajstić information content (AvgIpc) is 2.87. The molecule has 3 aromatic carbocycles. The molecule has 3 aromatic rings. The minimum Gasteiger partial charge on any atom is -0.493 e. The number of benzene rings is 3. The van der Waals surface area contributed by atoms with Crippen LogP contribution in [0, 0.1) is 5.41 Å². The molecule has 3 rings (SSSR count). The van der Waals surface area contributed by atoms with Crippen LogP contribution in [0.5, 0.6) is 17.2 Å². The van der Waals surface area contributed by atoms with E-state index >= 15 is 0 Å². The van der Waals surface area contributed by atoms with Crippen molar-refractivity contribution in [2.24, 2.45) is 15.6 Å². The molecule has 1 unspecified atom stereocenters. The molecule has 0 spiro atoms. The zero-order valence-electron chi connectivity index (χ0n) is 21.7. The molecule has 0 aliphatic carbocycles. The normalized spacial score (nSPS) is 13.0. The molecule has 0 saturated heterocycles. The molecule has 0 N–H and O–H groups in total. The second kappa shape index (κ2) is 11.7. The van der Waals surface area contributed by atoms with Gasteiger partial charge in [0.15, 0.2) is 17.6 Å². The van der Waals surface area contributed by atoms with Crippen molar-refractivity contribution in [3.63, 3.8) is 0 Å². The van der Waals surface area contributed by atoms with Crippen LogP contribution in [-0.2, 0) is 14.3 Å². The Hall–Kier alpha value is -3.91. The third kappa shape index (κ3) is 6.20. The van der Waals surface area contributed by atoms with Crippen molar-refractivity contribution < 1.29 is 28.5 Å². The van der Waals surface area contributed by atoms with Gasteiger partial charge < -0.3 is 23.7 Å². The highest BCUT2D eigenvalue weighted by Crippen LogP contribution is 2.37. The Balaban J connectivity index is 2.02. The van der Waals surface area contributed by atoms with Crippen LogP contribution in [0.4, 0.5) is 0 Å². The van der Waals surface area contributed by atoms with Gasteiger partial charge in [0.2, 0.25) is 5.75 Å². The quantitative estimate of drug-likeness (QED) is 0.177. The van der Waals surface area contributed by atoms with Gasteiger partial charge >= 0.3 is 5.97 Å². The molecule has 1 atom stereocenters. The SMILES string of the molecule is COc1cc(/C=N/N=C(\OC(=O)C(C)(C)C)C(OC)c2ccc3ccccc3c2)cc(OC)c1OC. The number of rotatable bonds is 8. The van der Waals surface area contributed by atoms with Crippen LogP contribution in [0.15, 0.2) is 64.8 Å². The third-order valence-corrected chi connectivity index (χ3v) is 5.40. The summed E-state index contributed by atoms with van der Waals surface area (Å²) in [5.41, 5.74) is 0.678. The molecule has 0 amide bonds. The first-order valence-corrected chi connectivity index (χ1v) is 11.4. The smallest absolute Gasteiger partial charge is 0.317 e. The van der Waals surface area contributed by atoms with E-state index < -0.39 is 17.5 Å². The maximum Gasteiger partial charge on any atom is 0.317 e. The molecular weight excluding hydrogens is 460 g/mol. The molecule has 0 aliphatic rings. The van der Waals surface area contributed by atoms with Gasteiger partial charge in [-0.1, -0.05) is 36.4 Å². The summed E-state index contributed by atoms with van der Waals surface area (Å²) < 4.78 is 27.6. The number of hydrogen-bond acceptors (Lipinski definition) is 8. The van der Waals surface area contributed by atoms with E-state index in [1.165, 1.54) is 34.7 Å². The van der Waals surface area contributed by atoms with E-state index in [1.807, 2.05) is 42.5 Å². The van der Waals surface area contributed by atoms with Crippen LogP contribution in [-0.4, -0.2) is 46.5 Å². The zero-order chi connectivity index (χ0) is 26.3. The van der Waals surface area contributed by atoms with Gasteiger partial charge in [0, 0.05) is 12.7 Å². The summed E-state index contributed by atoms with van der Waals surface area (Å²) in [5.74, 6) is 1.000. The van der Waals surface area contributed by atoms with E-state index in [0.717, 1.165) is 16.3 Å². The van der Waals surface area contributed by atoms with Crippen molar-refractivity contribution in [1.82, 2.24) is 0 Å². The first-order chi connectivity index (χ1) is 17.2. The molecule has 0 heterocycles. The lowest BCUT2D eigenvalue weighted by molar-refractivity contribution is -0.145. The predicted molar refractivity (Wildman–Crippen MR) is 140 cm³/mol. The predicted octanol–water partition coefficient (Wildman–Crippen LogP) is 5.58. The van der Waals surface area contributed by atoms with Gasteiger partial charge in [-0.25, -0.2) is 0 Å². The fourth-order valence-corrected chi connectivity index (χ4v) is 3.45. The molecule has 0 bridgehead atoms. The Bertz CT molecular complexity index is 1250. The van der Waals surface area contributed by atoms with E-state index in [1.54, 1.807) is 32.9 Å². The van der Waals surface area contributed by atoms with Crippen LogP contribution >= 0.6 is 0 Å². The Morgan fingerprint density at radius 1 is 0.861 bits per heavy atom. The van der Waals surface area contributed by atoms with E-state index in [9.17, 15) is 4.79 Å². The number of fused-ring (bicyclic) bond motifs is 1. The van der Waals surface area contributed by atoms with Crippen molar-refractivity contribution in [1.29, 1.82) is 0 Å². The van der Waals surface area contributed by atoms with Crippen LogP contribution < -0.4 is 14.2 Å². The highest BCUT2D eigenvalue weighted by atomic mass is 16.6. The Labute approximate surface area is 211 Å². The maximum absolute atomic E-state index is 12.8. The molecule has 36 heavy (non-hydrogen) atoms. The maximum atomic E-state index is 12.8. The van der Waals surface area contributed by atoms with E-state index in [4.69, 9.17) is 23.7 Å². The minimum atomic E-state index is -0.752. The largest absolute Gasteiger partial charge is 0.493 e. The highest BCUT2D eigenvalue weighted by molar-refractivity contribution is 5.95. The fraction of sp³-hybridized carbons (Fsp3) is 0.321. The number of nitrogens with zero attached hydrogens (tertiary/aromatic N) is 2. The summed E-state index contributed by atoms with van der Waals surface area (Å²) >= 11 is 0. The Morgan fingerprint density at radius 2 is 1.50 bits per heavy atom. The van der Waals surface area contributed by atoms with Crippen LogP contribution in [0.2, 0.25) is 0 Å². The molecule has 0 saturated carbocycles. The minimum absolute atomic E-state index is 0.0244. The van der Waals surface area contributed by atoms with Gasteiger partial charge in [-0.15, -0.1) is 5.10 Å². The molecule has 0 aliphatic heterocycles. The van der Waals surface area contributed by atoms with Crippen molar-refractivity contribution in [2.45, 2.75) is 26.9 Å². The van der Waals surface area contributed by atoms with Crippen molar-refractivity contribution in [3.8, 4) is 17.2 Å². The summed E-state index contributed by atoms with van der Waals surface area (Å²) in [6, 6.07) is 17.3. The molecular formula is C28H32N2O6. The Morgan fingerprint density at radius 3 is 2.06 bits per heavy atom. The number of esters is 1.